The minimum absolute atomic E-state index is 0.388. The van der Waals surface area contributed by atoms with Gasteiger partial charge in [-0.05, 0) is 23.8 Å². The second-order valence-corrected chi connectivity index (χ2v) is 6.04. The van der Waals surface area contributed by atoms with Crippen LogP contribution in [0.3, 0.4) is 0 Å². The van der Waals surface area contributed by atoms with E-state index in [-0.39, 0.29) is 0 Å². The van der Waals surface area contributed by atoms with E-state index < -0.39 is 0 Å². The van der Waals surface area contributed by atoms with Crippen molar-refractivity contribution < 1.29 is 0 Å². The molecular weight excluding hydrogens is 244 g/mol. The molecule has 2 N–H and O–H groups in total. The Morgan fingerprint density at radius 2 is 2.11 bits per heavy atom. The Labute approximate surface area is 112 Å². The number of rotatable bonds is 4. The van der Waals surface area contributed by atoms with Crippen LogP contribution < -0.4 is 0 Å². The average molecular weight is 264 g/mol. The van der Waals surface area contributed by atoms with Crippen molar-refractivity contribution in [1.29, 1.82) is 10.8 Å². The highest BCUT2D eigenvalue weighted by Crippen LogP contribution is 2.40. The molecule has 4 nitrogen and oxygen atoms in total. The van der Waals surface area contributed by atoms with E-state index in [0.717, 1.165) is 23.7 Å². The first kappa shape index (κ1) is 13.1. The molecule has 1 aliphatic carbocycles. The number of hydrogen-bond acceptors (Lipinski definition) is 3. The van der Waals surface area contributed by atoms with Gasteiger partial charge in [0, 0.05) is 33.6 Å². The van der Waals surface area contributed by atoms with Gasteiger partial charge in [-0.2, -0.15) is 0 Å². The van der Waals surface area contributed by atoms with Crippen molar-refractivity contribution in [2.45, 2.75) is 6.42 Å². The van der Waals surface area contributed by atoms with E-state index in [1.165, 1.54) is 0 Å². The van der Waals surface area contributed by atoms with Crippen LogP contribution in [0, 0.1) is 22.7 Å². The molecule has 0 spiro atoms. The standard InChI is InChI=1S/C13H20N4S/c1-16(2)12(14)10-7-9(10)8-17(3)13(15)11-5-4-6-18-11/h4-6,9-10,14-15H,7-8H2,1-3H3. The molecule has 2 atom stereocenters. The first-order chi connectivity index (χ1) is 8.50. The van der Waals surface area contributed by atoms with Gasteiger partial charge < -0.3 is 9.80 Å². The molecule has 0 aromatic carbocycles. The summed E-state index contributed by atoms with van der Waals surface area (Å²) in [4.78, 5) is 4.90. The van der Waals surface area contributed by atoms with Crippen LogP contribution in [-0.4, -0.2) is 49.2 Å². The molecular formula is C13H20N4S. The maximum atomic E-state index is 8.10. The zero-order valence-corrected chi connectivity index (χ0v) is 11.9. The first-order valence-corrected chi connectivity index (χ1v) is 6.98. The summed E-state index contributed by atoms with van der Waals surface area (Å²) in [5.74, 6) is 2.23. The lowest BCUT2D eigenvalue weighted by atomic mass is 10.2. The van der Waals surface area contributed by atoms with E-state index in [4.69, 9.17) is 10.8 Å². The zero-order chi connectivity index (χ0) is 13.3. The molecule has 2 rings (SSSR count). The maximum absolute atomic E-state index is 8.10. The molecule has 1 aromatic rings. The van der Waals surface area contributed by atoms with Gasteiger partial charge in [0.05, 0.1) is 10.7 Å². The van der Waals surface area contributed by atoms with Crippen LogP contribution in [0.15, 0.2) is 17.5 Å². The topological polar surface area (TPSA) is 54.2 Å². The Morgan fingerprint density at radius 1 is 1.39 bits per heavy atom. The van der Waals surface area contributed by atoms with E-state index in [1.807, 2.05) is 48.5 Å². The molecule has 98 valence electrons. The Morgan fingerprint density at radius 3 is 2.67 bits per heavy atom. The van der Waals surface area contributed by atoms with Crippen molar-refractivity contribution in [2.24, 2.45) is 11.8 Å². The van der Waals surface area contributed by atoms with E-state index in [2.05, 4.69) is 0 Å². The summed E-state index contributed by atoms with van der Waals surface area (Å²) in [5.41, 5.74) is 0. The van der Waals surface area contributed by atoms with E-state index in [9.17, 15) is 0 Å². The van der Waals surface area contributed by atoms with Gasteiger partial charge in [0.2, 0.25) is 0 Å². The molecule has 2 unspecified atom stereocenters. The molecule has 5 heteroatoms. The van der Waals surface area contributed by atoms with Gasteiger partial charge in [-0.15, -0.1) is 11.3 Å². The number of nitrogens with zero attached hydrogens (tertiary/aromatic N) is 2. The van der Waals surface area contributed by atoms with Crippen molar-refractivity contribution in [3.8, 4) is 0 Å². The first-order valence-electron chi connectivity index (χ1n) is 6.10. The summed E-state index contributed by atoms with van der Waals surface area (Å²) in [5, 5.41) is 18.0. The maximum Gasteiger partial charge on any atom is 0.138 e. The third-order valence-electron chi connectivity index (χ3n) is 3.40. The molecule has 1 aliphatic rings. The minimum atomic E-state index is 0.388. The normalized spacial score (nSPS) is 21.5. The quantitative estimate of drug-likeness (QED) is 0.647. The Bertz CT molecular complexity index is 438. The summed E-state index contributed by atoms with van der Waals surface area (Å²) in [7, 11) is 5.82. The SMILES string of the molecule is CN(C)C(=N)C1CC1CN(C)C(=N)c1cccs1. The molecule has 0 bridgehead atoms. The average Bonchev–Trinajstić information content (AvgIpc) is 2.88. The van der Waals surface area contributed by atoms with Gasteiger partial charge in [-0.1, -0.05) is 6.07 Å². The summed E-state index contributed by atoms with van der Waals surface area (Å²) in [6.07, 6.45) is 1.08. The summed E-state index contributed by atoms with van der Waals surface area (Å²) in [6.45, 7) is 0.873. The Hall–Kier alpha value is -1.36. The number of thiophene rings is 1. The second-order valence-electron chi connectivity index (χ2n) is 5.09. The molecule has 1 fully saturated rings. The third kappa shape index (κ3) is 2.72. The largest absolute Gasteiger partial charge is 0.366 e. The van der Waals surface area contributed by atoms with E-state index >= 15 is 0 Å². The third-order valence-corrected chi connectivity index (χ3v) is 4.28. The molecule has 1 heterocycles. The fourth-order valence-corrected chi connectivity index (χ4v) is 2.89. The highest BCUT2D eigenvalue weighted by molar-refractivity contribution is 7.12. The summed E-state index contributed by atoms with van der Waals surface area (Å²) >= 11 is 1.60. The van der Waals surface area contributed by atoms with Crippen molar-refractivity contribution in [3.05, 3.63) is 22.4 Å². The second kappa shape index (κ2) is 5.10. The van der Waals surface area contributed by atoms with E-state index in [1.54, 1.807) is 11.3 Å². The van der Waals surface area contributed by atoms with Crippen LogP contribution in [0.25, 0.3) is 0 Å². The van der Waals surface area contributed by atoms with Crippen LogP contribution in [0.2, 0.25) is 0 Å². The number of nitrogens with one attached hydrogen (secondary N) is 2. The number of amidine groups is 2. The van der Waals surface area contributed by atoms with Gasteiger partial charge >= 0.3 is 0 Å². The lowest BCUT2D eigenvalue weighted by Gasteiger charge is -2.20. The monoisotopic (exact) mass is 264 g/mol. The Balaban J connectivity index is 1.85. The van der Waals surface area contributed by atoms with Gasteiger partial charge in [-0.3, -0.25) is 10.8 Å². The van der Waals surface area contributed by atoms with Crippen LogP contribution in [0.1, 0.15) is 11.3 Å². The molecule has 0 amide bonds. The van der Waals surface area contributed by atoms with Gasteiger partial charge in [0.25, 0.3) is 0 Å². The molecule has 0 radical (unpaired) electrons. The molecule has 1 aromatic heterocycles. The van der Waals surface area contributed by atoms with Crippen LogP contribution in [0.5, 0.6) is 0 Å². The van der Waals surface area contributed by atoms with Crippen molar-refractivity contribution >= 4 is 23.0 Å². The lowest BCUT2D eigenvalue weighted by molar-refractivity contribution is 0.462. The fraction of sp³-hybridized carbons (Fsp3) is 0.538. The molecule has 1 saturated carbocycles. The van der Waals surface area contributed by atoms with E-state index in [0.29, 0.717) is 17.7 Å². The highest BCUT2D eigenvalue weighted by Gasteiger charge is 2.42. The number of hydrogen-bond donors (Lipinski definition) is 2. The van der Waals surface area contributed by atoms with Crippen LogP contribution in [0.4, 0.5) is 0 Å². The minimum Gasteiger partial charge on any atom is -0.366 e. The zero-order valence-electron chi connectivity index (χ0n) is 11.1. The van der Waals surface area contributed by atoms with Gasteiger partial charge in [0.15, 0.2) is 0 Å². The smallest absolute Gasteiger partial charge is 0.138 e. The van der Waals surface area contributed by atoms with Crippen molar-refractivity contribution in [3.63, 3.8) is 0 Å². The molecule has 0 aliphatic heterocycles. The van der Waals surface area contributed by atoms with Crippen LogP contribution in [-0.2, 0) is 0 Å². The van der Waals surface area contributed by atoms with Crippen LogP contribution >= 0.6 is 11.3 Å². The highest BCUT2D eigenvalue weighted by atomic mass is 32.1. The predicted octanol–water partition coefficient (Wildman–Crippen LogP) is 2.18. The van der Waals surface area contributed by atoms with Crippen molar-refractivity contribution in [2.75, 3.05) is 27.7 Å². The molecule has 0 saturated heterocycles. The Kier molecular flexibility index (Phi) is 3.71. The lowest BCUT2D eigenvalue weighted by Crippen LogP contribution is -2.30. The van der Waals surface area contributed by atoms with Crippen molar-refractivity contribution in [1.82, 2.24) is 9.80 Å². The predicted molar refractivity (Wildman–Crippen MR) is 76.8 cm³/mol. The fourth-order valence-electron chi connectivity index (χ4n) is 2.16. The summed E-state index contributed by atoms with van der Waals surface area (Å²) in [6, 6.07) is 3.96. The summed E-state index contributed by atoms with van der Waals surface area (Å²) < 4.78 is 0. The van der Waals surface area contributed by atoms with Gasteiger partial charge in [-0.25, -0.2) is 0 Å². The molecule has 18 heavy (non-hydrogen) atoms. The van der Waals surface area contributed by atoms with Gasteiger partial charge in [0.1, 0.15) is 5.84 Å².